The highest BCUT2D eigenvalue weighted by molar-refractivity contribution is 7.92. The molecular weight excluding hydrogens is 388 g/mol. The predicted octanol–water partition coefficient (Wildman–Crippen LogP) is 3.35. The summed E-state index contributed by atoms with van der Waals surface area (Å²) in [5, 5.41) is 2.80. The van der Waals surface area contributed by atoms with Crippen LogP contribution in [0.25, 0.3) is 0 Å². The van der Waals surface area contributed by atoms with E-state index in [1.165, 1.54) is 4.31 Å². The van der Waals surface area contributed by atoms with Crippen molar-refractivity contribution in [1.29, 1.82) is 0 Å². The summed E-state index contributed by atoms with van der Waals surface area (Å²) in [5.74, 6) is 0.386. The molecule has 0 aromatic heterocycles. The first-order valence-electron chi connectivity index (χ1n) is 9.67. The SMILES string of the molecule is CC[C@@H](C(=O)NCCOc1ccc(C)cc1)N(c1cc(C)ccc1C)S(C)(=O)=O. The van der Waals surface area contributed by atoms with Crippen LogP contribution in [-0.4, -0.2) is 39.8 Å². The molecule has 2 aromatic rings. The molecule has 1 amide bonds. The largest absolute Gasteiger partial charge is 0.492 e. The number of carbonyl (C=O) groups is 1. The molecule has 0 aliphatic rings. The second-order valence-electron chi connectivity index (χ2n) is 7.23. The average molecular weight is 419 g/mol. The predicted molar refractivity (Wildman–Crippen MR) is 117 cm³/mol. The quantitative estimate of drug-likeness (QED) is 0.634. The number of sulfonamides is 1. The second-order valence-corrected chi connectivity index (χ2v) is 9.08. The molecule has 2 aromatic carbocycles. The van der Waals surface area contributed by atoms with Crippen LogP contribution in [0.3, 0.4) is 0 Å². The van der Waals surface area contributed by atoms with Gasteiger partial charge in [-0.15, -0.1) is 0 Å². The Kier molecular flexibility index (Phi) is 7.67. The van der Waals surface area contributed by atoms with Gasteiger partial charge in [-0.3, -0.25) is 9.10 Å². The maximum atomic E-state index is 12.8. The van der Waals surface area contributed by atoms with Crippen molar-refractivity contribution in [3.8, 4) is 5.75 Å². The molecule has 0 bridgehead atoms. The van der Waals surface area contributed by atoms with Crippen LogP contribution in [0.4, 0.5) is 5.69 Å². The van der Waals surface area contributed by atoms with Crippen molar-refractivity contribution in [2.24, 2.45) is 0 Å². The van der Waals surface area contributed by atoms with E-state index in [2.05, 4.69) is 5.32 Å². The van der Waals surface area contributed by atoms with Gasteiger partial charge in [0.25, 0.3) is 0 Å². The topological polar surface area (TPSA) is 75.7 Å². The first-order chi connectivity index (χ1) is 13.6. The molecule has 7 heteroatoms. The summed E-state index contributed by atoms with van der Waals surface area (Å²) >= 11 is 0. The number of carbonyl (C=O) groups excluding carboxylic acids is 1. The van der Waals surface area contributed by atoms with E-state index in [1.54, 1.807) is 13.0 Å². The number of anilines is 1. The molecule has 1 atom stereocenters. The molecule has 158 valence electrons. The van der Waals surface area contributed by atoms with Gasteiger partial charge < -0.3 is 10.1 Å². The number of ether oxygens (including phenoxy) is 1. The Morgan fingerprint density at radius 2 is 1.69 bits per heavy atom. The third kappa shape index (κ3) is 6.22. The first kappa shape index (κ1) is 22.7. The Morgan fingerprint density at radius 3 is 2.28 bits per heavy atom. The summed E-state index contributed by atoms with van der Waals surface area (Å²) < 4.78 is 32.0. The molecule has 2 rings (SSSR count). The van der Waals surface area contributed by atoms with Crippen molar-refractivity contribution >= 4 is 21.6 Å². The number of hydrogen-bond donors (Lipinski definition) is 1. The fourth-order valence-electron chi connectivity index (χ4n) is 3.09. The molecule has 0 aliphatic carbocycles. The van der Waals surface area contributed by atoms with Gasteiger partial charge in [0.15, 0.2) is 0 Å². The summed E-state index contributed by atoms with van der Waals surface area (Å²) in [5.41, 5.74) is 3.41. The molecule has 0 spiro atoms. The Morgan fingerprint density at radius 1 is 1.07 bits per heavy atom. The van der Waals surface area contributed by atoms with Crippen molar-refractivity contribution in [2.45, 2.75) is 40.2 Å². The number of aryl methyl sites for hydroxylation is 3. The standard InChI is InChI=1S/C22H30N2O4S/c1-6-20(22(25)23-13-14-28-19-11-8-16(2)9-12-19)24(29(5,26)27)21-15-17(3)7-10-18(21)4/h7-12,15,20H,6,13-14H2,1-5H3,(H,23,25)/t20-/m0/s1. The van der Waals surface area contributed by atoms with E-state index in [4.69, 9.17) is 4.74 Å². The van der Waals surface area contributed by atoms with E-state index in [9.17, 15) is 13.2 Å². The minimum Gasteiger partial charge on any atom is -0.492 e. The van der Waals surface area contributed by atoms with E-state index in [1.807, 2.05) is 57.2 Å². The fourth-order valence-corrected chi connectivity index (χ4v) is 4.35. The van der Waals surface area contributed by atoms with Crippen molar-refractivity contribution in [2.75, 3.05) is 23.7 Å². The van der Waals surface area contributed by atoms with Crippen LogP contribution in [0.15, 0.2) is 42.5 Å². The molecule has 0 aliphatic heterocycles. The normalized spacial score (nSPS) is 12.3. The number of amides is 1. The highest BCUT2D eigenvalue weighted by atomic mass is 32.2. The van der Waals surface area contributed by atoms with Crippen LogP contribution in [0.2, 0.25) is 0 Å². The second kappa shape index (κ2) is 9.78. The monoisotopic (exact) mass is 418 g/mol. The molecule has 0 heterocycles. The maximum Gasteiger partial charge on any atom is 0.244 e. The number of nitrogens with one attached hydrogen (secondary N) is 1. The van der Waals surface area contributed by atoms with Gasteiger partial charge in [0.1, 0.15) is 18.4 Å². The van der Waals surface area contributed by atoms with Crippen LogP contribution >= 0.6 is 0 Å². The summed E-state index contributed by atoms with van der Waals surface area (Å²) in [6.45, 7) is 8.12. The molecule has 0 unspecified atom stereocenters. The molecule has 6 nitrogen and oxygen atoms in total. The number of hydrogen-bond acceptors (Lipinski definition) is 4. The molecular formula is C22H30N2O4S. The Hall–Kier alpha value is -2.54. The Balaban J connectivity index is 2.10. The van der Waals surface area contributed by atoms with E-state index in [0.29, 0.717) is 18.7 Å². The third-order valence-corrected chi connectivity index (χ3v) is 5.79. The molecule has 29 heavy (non-hydrogen) atoms. The summed E-state index contributed by atoms with van der Waals surface area (Å²) in [4.78, 5) is 12.8. The van der Waals surface area contributed by atoms with Gasteiger partial charge in [-0.2, -0.15) is 0 Å². The molecule has 1 N–H and O–H groups in total. The Labute approximate surface area is 173 Å². The molecule has 0 radical (unpaired) electrons. The minimum absolute atomic E-state index is 0.285. The van der Waals surface area contributed by atoms with Gasteiger partial charge in [-0.25, -0.2) is 8.42 Å². The van der Waals surface area contributed by atoms with Gasteiger partial charge in [-0.1, -0.05) is 36.8 Å². The van der Waals surface area contributed by atoms with Crippen molar-refractivity contribution in [1.82, 2.24) is 5.32 Å². The molecule has 0 fully saturated rings. The molecule has 0 saturated carbocycles. The lowest BCUT2D eigenvalue weighted by Crippen LogP contribution is -2.50. The zero-order chi connectivity index (χ0) is 21.6. The van der Waals surface area contributed by atoms with Crippen LogP contribution in [0.5, 0.6) is 5.75 Å². The third-order valence-electron chi connectivity index (χ3n) is 4.62. The van der Waals surface area contributed by atoms with Crippen molar-refractivity contribution in [3.63, 3.8) is 0 Å². The van der Waals surface area contributed by atoms with E-state index in [0.717, 1.165) is 28.7 Å². The number of nitrogens with zero attached hydrogens (tertiary/aromatic N) is 1. The number of rotatable bonds is 9. The molecule has 0 saturated heterocycles. The lowest BCUT2D eigenvalue weighted by molar-refractivity contribution is -0.122. The summed E-state index contributed by atoms with van der Waals surface area (Å²) in [6, 6.07) is 12.4. The van der Waals surface area contributed by atoms with Crippen LogP contribution in [0, 0.1) is 20.8 Å². The van der Waals surface area contributed by atoms with Crippen LogP contribution in [0.1, 0.15) is 30.0 Å². The Bertz CT molecular complexity index is 940. The van der Waals surface area contributed by atoms with E-state index < -0.39 is 16.1 Å². The smallest absolute Gasteiger partial charge is 0.244 e. The van der Waals surface area contributed by atoms with Gasteiger partial charge >= 0.3 is 0 Å². The van der Waals surface area contributed by atoms with E-state index >= 15 is 0 Å². The fraction of sp³-hybridized carbons (Fsp3) is 0.409. The summed E-state index contributed by atoms with van der Waals surface area (Å²) in [6.07, 6.45) is 1.48. The minimum atomic E-state index is -3.65. The first-order valence-corrected chi connectivity index (χ1v) is 11.5. The number of benzene rings is 2. The lowest BCUT2D eigenvalue weighted by atomic mass is 10.1. The highest BCUT2D eigenvalue weighted by Gasteiger charge is 2.32. The van der Waals surface area contributed by atoms with Gasteiger partial charge in [0, 0.05) is 0 Å². The zero-order valence-electron chi connectivity index (χ0n) is 17.7. The average Bonchev–Trinajstić information content (AvgIpc) is 2.65. The van der Waals surface area contributed by atoms with E-state index in [-0.39, 0.29) is 12.5 Å². The summed E-state index contributed by atoms with van der Waals surface area (Å²) in [7, 11) is -3.65. The van der Waals surface area contributed by atoms with Crippen LogP contribution in [-0.2, 0) is 14.8 Å². The lowest BCUT2D eigenvalue weighted by Gasteiger charge is -2.31. The van der Waals surface area contributed by atoms with Gasteiger partial charge in [0.05, 0.1) is 18.5 Å². The highest BCUT2D eigenvalue weighted by Crippen LogP contribution is 2.27. The van der Waals surface area contributed by atoms with Crippen LogP contribution < -0.4 is 14.4 Å². The van der Waals surface area contributed by atoms with Gasteiger partial charge in [0.2, 0.25) is 15.9 Å². The zero-order valence-corrected chi connectivity index (χ0v) is 18.5. The van der Waals surface area contributed by atoms with Gasteiger partial charge in [-0.05, 0) is 56.5 Å². The van der Waals surface area contributed by atoms with Crippen molar-refractivity contribution < 1.29 is 17.9 Å². The maximum absolute atomic E-state index is 12.8. The van der Waals surface area contributed by atoms with Crippen molar-refractivity contribution in [3.05, 3.63) is 59.2 Å².